The van der Waals surface area contributed by atoms with Crippen LogP contribution in [0.5, 0.6) is 11.5 Å². The summed E-state index contributed by atoms with van der Waals surface area (Å²) in [5.41, 5.74) is 1.88. The van der Waals surface area contributed by atoms with Gasteiger partial charge in [-0.3, -0.25) is 4.79 Å². The zero-order valence-corrected chi connectivity index (χ0v) is 15.4. The summed E-state index contributed by atoms with van der Waals surface area (Å²) in [5, 5.41) is 0.502. The molecule has 0 saturated heterocycles. The van der Waals surface area contributed by atoms with Crippen molar-refractivity contribution in [2.75, 3.05) is 6.61 Å². The van der Waals surface area contributed by atoms with Gasteiger partial charge in [0.2, 0.25) is 0 Å². The van der Waals surface area contributed by atoms with Crippen molar-refractivity contribution in [2.45, 2.75) is 19.7 Å². The molecule has 0 aromatic heterocycles. The summed E-state index contributed by atoms with van der Waals surface area (Å²) >= 11 is 9.68. The monoisotopic (exact) mass is 394 g/mol. The van der Waals surface area contributed by atoms with E-state index in [1.165, 1.54) is 0 Å². The molecule has 3 nitrogen and oxygen atoms in total. The molecule has 0 spiro atoms. The molecule has 0 heterocycles. The second-order valence-corrected chi connectivity index (χ2v) is 6.28. The van der Waals surface area contributed by atoms with Gasteiger partial charge in [-0.25, -0.2) is 0 Å². The molecule has 0 amide bonds. The van der Waals surface area contributed by atoms with Crippen molar-refractivity contribution in [1.29, 1.82) is 0 Å². The zero-order chi connectivity index (χ0) is 16.8. The predicted molar refractivity (Wildman–Crippen MR) is 98.3 cm³/mol. The lowest BCUT2D eigenvalue weighted by molar-refractivity contribution is -0.142. The number of rotatable bonds is 6. The molecule has 120 valence electrons. The van der Waals surface area contributed by atoms with Crippen molar-refractivity contribution < 1.29 is 14.3 Å². The largest absolute Gasteiger partial charge is 0.466 e. The lowest BCUT2D eigenvalue weighted by Gasteiger charge is -2.13. The van der Waals surface area contributed by atoms with Gasteiger partial charge in [-0.05, 0) is 48.4 Å². The lowest BCUT2D eigenvalue weighted by Crippen LogP contribution is -2.07. The first-order valence-electron chi connectivity index (χ1n) is 7.43. The van der Waals surface area contributed by atoms with Gasteiger partial charge in [0.1, 0.15) is 19.3 Å². The van der Waals surface area contributed by atoms with Crippen LogP contribution in [0.15, 0.2) is 40.9 Å². The number of esters is 1. The van der Waals surface area contributed by atoms with Crippen LogP contribution in [0.4, 0.5) is 0 Å². The van der Waals surface area contributed by atoms with Crippen LogP contribution in [-0.4, -0.2) is 20.4 Å². The molecular formula is C17H17BBrClO3. The SMILES string of the molecule is BCc1cc(Br)ccc1Oc1cc(CC(=O)OCC)ccc1Cl. The number of hydrogen-bond acceptors (Lipinski definition) is 3. The van der Waals surface area contributed by atoms with E-state index in [1.807, 2.05) is 18.2 Å². The fourth-order valence-corrected chi connectivity index (χ4v) is 2.72. The number of carbonyl (C=O) groups is 1. The van der Waals surface area contributed by atoms with Crippen LogP contribution in [-0.2, 0) is 22.3 Å². The Morgan fingerprint density at radius 1 is 1.22 bits per heavy atom. The number of ether oxygens (including phenoxy) is 2. The Labute approximate surface area is 150 Å². The van der Waals surface area contributed by atoms with Crippen molar-refractivity contribution in [3.8, 4) is 11.5 Å². The Bertz CT molecular complexity index is 706. The molecule has 6 heteroatoms. The topological polar surface area (TPSA) is 35.5 Å². The molecule has 0 N–H and O–H groups in total. The van der Waals surface area contributed by atoms with E-state index >= 15 is 0 Å². The van der Waals surface area contributed by atoms with Crippen LogP contribution in [0.3, 0.4) is 0 Å². The molecule has 0 bridgehead atoms. The van der Waals surface area contributed by atoms with Crippen molar-refractivity contribution in [3.63, 3.8) is 0 Å². The van der Waals surface area contributed by atoms with Gasteiger partial charge >= 0.3 is 5.97 Å². The maximum atomic E-state index is 11.6. The summed E-state index contributed by atoms with van der Waals surface area (Å²) in [5.74, 6) is 1.02. The number of hydrogen-bond donors (Lipinski definition) is 0. The minimum atomic E-state index is -0.265. The zero-order valence-electron chi connectivity index (χ0n) is 13.1. The van der Waals surface area contributed by atoms with Gasteiger partial charge in [-0.15, -0.1) is 0 Å². The molecule has 2 aromatic carbocycles. The van der Waals surface area contributed by atoms with E-state index in [2.05, 4.69) is 23.8 Å². The molecule has 2 rings (SSSR count). The Morgan fingerprint density at radius 2 is 2.00 bits per heavy atom. The van der Waals surface area contributed by atoms with Crippen LogP contribution < -0.4 is 4.74 Å². The standard InChI is InChI=1S/C17H17BBrClO3/c1-2-22-17(21)8-11-3-5-14(20)16(7-11)23-15-6-4-13(19)9-12(15)10-18/h3-7,9H,2,8,10,18H2,1H3. The van der Waals surface area contributed by atoms with Crippen molar-refractivity contribution in [2.24, 2.45) is 0 Å². The molecular weight excluding hydrogens is 378 g/mol. The maximum absolute atomic E-state index is 11.6. The predicted octanol–water partition coefficient (Wildman–Crippen LogP) is 4.13. The van der Waals surface area contributed by atoms with Gasteiger partial charge in [-0.2, -0.15) is 0 Å². The third-order valence-electron chi connectivity index (χ3n) is 3.27. The highest BCUT2D eigenvalue weighted by atomic mass is 79.9. The Morgan fingerprint density at radius 3 is 2.70 bits per heavy atom. The molecule has 0 saturated carbocycles. The summed E-state index contributed by atoms with van der Waals surface area (Å²) in [6.07, 6.45) is 1.04. The van der Waals surface area contributed by atoms with Gasteiger partial charge in [-0.1, -0.05) is 39.9 Å². The molecule has 0 radical (unpaired) electrons. The van der Waals surface area contributed by atoms with E-state index in [-0.39, 0.29) is 12.4 Å². The van der Waals surface area contributed by atoms with Crippen molar-refractivity contribution in [3.05, 3.63) is 57.0 Å². The van der Waals surface area contributed by atoms with Crippen molar-refractivity contribution in [1.82, 2.24) is 0 Å². The fraction of sp³-hybridized carbons (Fsp3) is 0.235. The average Bonchev–Trinajstić information content (AvgIpc) is 2.52. The van der Waals surface area contributed by atoms with E-state index in [9.17, 15) is 4.79 Å². The maximum Gasteiger partial charge on any atom is 0.310 e. The van der Waals surface area contributed by atoms with E-state index in [0.717, 1.165) is 27.7 Å². The molecule has 2 aromatic rings. The molecule has 0 aliphatic rings. The lowest BCUT2D eigenvalue weighted by atomic mass is 9.96. The van der Waals surface area contributed by atoms with Crippen molar-refractivity contribution >= 4 is 41.3 Å². The second kappa shape index (κ2) is 8.41. The van der Waals surface area contributed by atoms with Crippen LogP contribution >= 0.6 is 27.5 Å². The average molecular weight is 395 g/mol. The summed E-state index contributed by atoms with van der Waals surface area (Å²) in [4.78, 5) is 11.6. The number of carbonyl (C=O) groups excluding carboxylic acids is 1. The van der Waals surface area contributed by atoms with Gasteiger partial charge in [0.05, 0.1) is 18.1 Å². The summed E-state index contributed by atoms with van der Waals surface area (Å²) in [6.45, 7) is 2.16. The highest BCUT2D eigenvalue weighted by Crippen LogP contribution is 2.33. The molecule has 0 aliphatic heterocycles. The van der Waals surface area contributed by atoms with E-state index in [4.69, 9.17) is 21.1 Å². The summed E-state index contributed by atoms with van der Waals surface area (Å²) < 4.78 is 11.9. The van der Waals surface area contributed by atoms with Crippen LogP contribution in [0, 0.1) is 0 Å². The first kappa shape index (κ1) is 17.9. The highest BCUT2D eigenvalue weighted by molar-refractivity contribution is 9.10. The molecule has 0 unspecified atom stereocenters. The first-order valence-corrected chi connectivity index (χ1v) is 8.61. The number of benzene rings is 2. The minimum absolute atomic E-state index is 0.197. The van der Waals surface area contributed by atoms with Crippen LogP contribution in [0.25, 0.3) is 0 Å². The molecule has 0 aliphatic carbocycles. The fourth-order valence-electron chi connectivity index (χ4n) is 2.16. The van der Waals surface area contributed by atoms with Gasteiger partial charge < -0.3 is 9.47 Å². The highest BCUT2D eigenvalue weighted by Gasteiger charge is 2.11. The van der Waals surface area contributed by atoms with E-state index in [0.29, 0.717) is 17.4 Å². The Balaban J connectivity index is 2.24. The van der Waals surface area contributed by atoms with Crippen LogP contribution in [0.1, 0.15) is 18.1 Å². The molecule has 0 fully saturated rings. The van der Waals surface area contributed by atoms with Gasteiger partial charge in [0, 0.05) is 4.47 Å². The van der Waals surface area contributed by atoms with E-state index < -0.39 is 0 Å². The summed E-state index contributed by atoms with van der Waals surface area (Å²) in [7, 11) is 2.06. The number of halogens is 2. The minimum Gasteiger partial charge on any atom is -0.466 e. The Hall–Kier alpha value is -1.46. The first-order chi connectivity index (χ1) is 11.0. The van der Waals surface area contributed by atoms with E-state index in [1.54, 1.807) is 25.1 Å². The third kappa shape index (κ3) is 5.01. The third-order valence-corrected chi connectivity index (χ3v) is 4.08. The molecule has 0 atom stereocenters. The smallest absolute Gasteiger partial charge is 0.310 e. The second-order valence-electron chi connectivity index (χ2n) is 4.95. The normalized spacial score (nSPS) is 10.4. The quantitative estimate of drug-likeness (QED) is 0.545. The summed E-state index contributed by atoms with van der Waals surface area (Å²) in [6, 6.07) is 11.2. The Kier molecular flexibility index (Phi) is 6.54. The molecule has 23 heavy (non-hydrogen) atoms. The van der Waals surface area contributed by atoms with Crippen LogP contribution in [0.2, 0.25) is 5.02 Å². The van der Waals surface area contributed by atoms with Gasteiger partial charge in [0.15, 0.2) is 0 Å². The van der Waals surface area contributed by atoms with Gasteiger partial charge in [0.25, 0.3) is 0 Å².